The van der Waals surface area contributed by atoms with E-state index in [4.69, 9.17) is 4.98 Å². The van der Waals surface area contributed by atoms with Crippen molar-refractivity contribution in [1.29, 1.82) is 0 Å². The van der Waals surface area contributed by atoms with Crippen molar-refractivity contribution in [3.63, 3.8) is 0 Å². The summed E-state index contributed by atoms with van der Waals surface area (Å²) in [6.45, 7) is 6.09. The van der Waals surface area contributed by atoms with Gasteiger partial charge in [0.2, 0.25) is 0 Å². The first-order valence-electron chi connectivity index (χ1n) is 9.78. The Hall–Kier alpha value is -2.31. The van der Waals surface area contributed by atoms with Crippen LogP contribution >= 0.6 is 11.3 Å². The number of rotatable bonds is 4. The van der Waals surface area contributed by atoms with E-state index in [2.05, 4.69) is 40.6 Å². The minimum Gasteiger partial charge on any atom is -0.348 e. The van der Waals surface area contributed by atoms with Crippen LogP contribution in [0.4, 0.5) is 0 Å². The van der Waals surface area contributed by atoms with Crippen LogP contribution in [-0.4, -0.2) is 47.0 Å². The molecular formula is C22H26N4OS. The summed E-state index contributed by atoms with van der Waals surface area (Å²) in [6, 6.07) is 6.33. The molecule has 146 valence electrons. The van der Waals surface area contributed by atoms with Crippen molar-refractivity contribution in [2.75, 3.05) is 20.1 Å². The van der Waals surface area contributed by atoms with E-state index in [0.717, 1.165) is 65.0 Å². The molecule has 1 aliphatic rings. The molecule has 0 aromatic carbocycles. The first kappa shape index (κ1) is 19.0. The predicted molar refractivity (Wildman–Crippen MR) is 114 cm³/mol. The smallest absolute Gasteiger partial charge is 0.270 e. The van der Waals surface area contributed by atoms with Gasteiger partial charge in [-0.15, -0.1) is 11.3 Å². The number of nitrogens with one attached hydrogen (secondary N) is 1. The molecule has 0 radical (unpaired) electrons. The maximum absolute atomic E-state index is 12.9. The van der Waals surface area contributed by atoms with Crippen molar-refractivity contribution in [2.45, 2.75) is 39.2 Å². The molecule has 0 spiro atoms. The average Bonchev–Trinajstić information content (AvgIpc) is 3.07. The molecule has 0 atom stereocenters. The van der Waals surface area contributed by atoms with Gasteiger partial charge >= 0.3 is 0 Å². The maximum atomic E-state index is 12.9. The third-order valence-electron chi connectivity index (χ3n) is 5.43. The van der Waals surface area contributed by atoms with Gasteiger partial charge in [-0.1, -0.05) is 6.07 Å². The second-order valence-corrected chi connectivity index (χ2v) is 8.68. The molecule has 5 nitrogen and oxygen atoms in total. The fourth-order valence-electron chi connectivity index (χ4n) is 3.67. The summed E-state index contributed by atoms with van der Waals surface area (Å²) in [4.78, 5) is 24.3. The lowest BCUT2D eigenvalue weighted by molar-refractivity contribution is 0.0912. The van der Waals surface area contributed by atoms with Gasteiger partial charge in [0.25, 0.3) is 5.91 Å². The van der Waals surface area contributed by atoms with E-state index < -0.39 is 0 Å². The number of carbonyl (C=O) groups excluding carboxylic acids is 1. The molecule has 0 saturated carbocycles. The number of aryl methyl sites for hydroxylation is 2. The quantitative estimate of drug-likeness (QED) is 0.733. The largest absolute Gasteiger partial charge is 0.348 e. The first-order valence-corrected chi connectivity index (χ1v) is 10.7. The van der Waals surface area contributed by atoms with Gasteiger partial charge in [-0.05, 0) is 81.0 Å². The van der Waals surface area contributed by atoms with Crippen LogP contribution in [0, 0.1) is 13.8 Å². The zero-order valence-electron chi connectivity index (χ0n) is 16.7. The van der Waals surface area contributed by atoms with E-state index >= 15 is 0 Å². The topological polar surface area (TPSA) is 58.1 Å². The highest BCUT2D eigenvalue weighted by Crippen LogP contribution is 2.29. The number of piperidine rings is 1. The van der Waals surface area contributed by atoms with Gasteiger partial charge in [-0.25, -0.2) is 4.98 Å². The van der Waals surface area contributed by atoms with Gasteiger partial charge in [0.1, 0.15) is 5.69 Å². The molecule has 1 aliphatic heterocycles. The summed E-state index contributed by atoms with van der Waals surface area (Å²) in [7, 11) is 2.12. The molecular weight excluding hydrogens is 368 g/mol. The van der Waals surface area contributed by atoms with Crippen molar-refractivity contribution in [1.82, 2.24) is 20.2 Å². The Kier molecular flexibility index (Phi) is 5.42. The SMILES string of the molecule is Cc1ccc(Cc2cc(C(=O)NC3CCN(C)CC3)nc3c(C)csc23)cn1. The summed E-state index contributed by atoms with van der Waals surface area (Å²) in [5.74, 6) is -0.0645. The average molecular weight is 395 g/mol. The van der Waals surface area contributed by atoms with Crippen molar-refractivity contribution in [2.24, 2.45) is 0 Å². The molecule has 4 rings (SSSR count). The number of carbonyl (C=O) groups is 1. The van der Waals surface area contributed by atoms with Crippen LogP contribution in [0.5, 0.6) is 0 Å². The molecule has 3 aromatic rings. The van der Waals surface area contributed by atoms with Gasteiger partial charge in [-0.2, -0.15) is 0 Å². The number of aromatic nitrogens is 2. The lowest BCUT2D eigenvalue weighted by Gasteiger charge is -2.29. The van der Waals surface area contributed by atoms with Gasteiger partial charge in [0.05, 0.1) is 10.2 Å². The van der Waals surface area contributed by atoms with Crippen molar-refractivity contribution < 1.29 is 4.79 Å². The highest BCUT2D eigenvalue weighted by Gasteiger charge is 2.21. The Morgan fingerprint density at radius 1 is 1.29 bits per heavy atom. The number of fused-ring (bicyclic) bond motifs is 1. The van der Waals surface area contributed by atoms with E-state index in [0.29, 0.717) is 5.69 Å². The lowest BCUT2D eigenvalue weighted by Crippen LogP contribution is -2.43. The normalized spacial score (nSPS) is 15.8. The third kappa shape index (κ3) is 4.08. The van der Waals surface area contributed by atoms with Crippen LogP contribution in [-0.2, 0) is 6.42 Å². The summed E-state index contributed by atoms with van der Waals surface area (Å²) >= 11 is 1.70. The molecule has 1 N–H and O–H groups in total. The molecule has 1 saturated heterocycles. The van der Waals surface area contributed by atoms with Crippen LogP contribution in [0.15, 0.2) is 29.8 Å². The van der Waals surface area contributed by atoms with E-state index in [1.807, 2.05) is 25.3 Å². The molecule has 0 unspecified atom stereocenters. The number of thiophene rings is 1. The fraction of sp³-hybridized carbons (Fsp3) is 0.409. The Bertz CT molecular complexity index is 988. The zero-order valence-corrected chi connectivity index (χ0v) is 17.5. The molecule has 4 heterocycles. The van der Waals surface area contributed by atoms with Crippen LogP contribution in [0.1, 0.15) is 45.7 Å². The third-order valence-corrected chi connectivity index (χ3v) is 6.59. The monoisotopic (exact) mass is 394 g/mol. The van der Waals surface area contributed by atoms with Crippen LogP contribution in [0.25, 0.3) is 10.2 Å². The van der Waals surface area contributed by atoms with E-state index in [9.17, 15) is 4.79 Å². The molecule has 1 amide bonds. The Labute approximate surface area is 169 Å². The second-order valence-electron chi connectivity index (χ2n) is 7.80. The number of hydrogen-bond donors (Lipinski definition) is 1. The summed E-state index contributed by atoms with van der Waals surface area (Å²) in [5.41, 5.74) is 5.87. The van der Waals surface area contributed by atoms with Gasteiger partial charge in [0, 0.05) is 24.4 Å². The van der Waals surface area contributed by atoms with Crippen LogP contribution in [0.3, 0.4) is 0 Å². The van der Waals surface area contributed by atoms with Crippen molar-refractivity contribution in [3.05, 3.63) is 57.9 Å². The number of amides is 1. The van der Waals surface area contributed by atoms with Gasteiger partial charge in [-0.3, -0.25) is 9.78 Å². The minimum atomic E-state index is -0.0645. The predicted octanol–water partition coefficient (Wildman–Crippen LogP) is 3.72. The van der Waals surface area contributed by atoms with Crippen LogP contribution in [0.2, 0.25) is 0 Å². The second kappa shape index (κ2) is 7.97. The molecule has 0 bridgehead atoms. The summed E-state index contributed by atoms with van der Waals surface area (Å²) in [5, 5.41) is 5.31. The van der Waals surface area contributed by atoms with E-state index in [-0.39, 0.29) is 11.9 Å². The Balaban J connectivity index is 1.62. The van der Waals surface area contributed by atoms with E-state index in [1.165, 1.54) is 0 Å². The molecule has 3 aromatic heterocycles. The zero-order chi connectivity index (χ0) is 19.7. The number of likely N-dealkylation sites (tertiary alicyclic amines) is 1. The Morgan fingerprint density at radius 3 is 2.79 bits per heavy atom. The number of hydrogen-bond acceptors (Lipinski definition) is 5. The lowest BCUT2D eigenvalue weighted by atomic mass is 10.0. The highest BCUT2D eigenvalue weighted by molar-refractivity contribution is 7.17. The molecule has 1 fully saturated rings. The summed E-state index contributed by atoms with van der Waals surface area (Å²) in [6.07, 6.45) is 4.65. The van der Waals surface area contributed by atoms with Crippen molar-refractivity contribution in [3.8, 4) is 0 Å². The minimum absolute atomic E-state index is 0.0645. The molecule has 6 heteroatoms. The standard InChI is InChI=1S/C22H26N4OS/c1-14-13-28-21-17(10-16-5-4-15(2)23-12-16)11-19(25-20(14)21)22(27)24-18-6-8-26(3)9-7-18/h4-5,11-13,18H,6-10H2,1-3H3,(H,24,27). The summed E-state index contributed by atoms with van der Waals surface area (Å²) < 4.78 is 1.16. The number of pyridine rings is 2. The van der Waals surface area contributed by atoms with Gasteiger partial charge < -0.3 is 10.2 Å². The maximum Gasteiger partial charge on any atom is 0.270 e. The Morgan fingerprint density at radius 2 is 2.07 bits per heavy atom. The van der Waals surface area contributed by atoms with Gasteiger partial charge in [0.15, 0.2) is 0 Å². The van der Waals surface area contributed by atoms with E-state index in [1.54, 1.807) is 11.3 Å². The highest BCUT2D eigenvalue weighted by atomic mass is 32.1. The molecule has 28 heavy (non-hydrogen) atoms. The number of nitrogens with zero attached hydrogens (tertiary/aromatic N) is 3. The first-order chi connectivity index (χ1) is 13.5. The van der Waals surface area contributed by atoms with Crippen LogP contribution < -0.4 is 5.32 Å². The van der Waals surface area contributed by atoms with Crippen molar-refractivity contribution >= 4 is 27.5 Å². The molecule has 0 aliphatic carbocycles. The fourth-order valence-corrected chi connectivity index (χ4v) is 4.68.